The van der Waals surface area contributed by atoms with E-state index in [1.54, 1.807) is 16.8 Å². The third-order valence-corrected chi connectivity index (χ3v) is 4.34. The van der Waals surface area contributed by atoms with E-state index in [2.05, 4.69) is 25.9 Å². The van der Waals surface area contributed by atoms with Crippen molar-refractivity contribution in [1.82, 2.24) is 20.0 Å². The van der Waals surface area contributed by atoms with Crippen LogP contribution in [0.5, 0.6) is 0 Å². The molecule has 1 amide bonds. The van der Waals surface area contributed by atoms with Crippen molar-refractivity contribution in [2.75, 3.05) is 10.6 Å². The van der Waals surface area contributed by atoms with E-state index in [9.17, 15) is 4.79 Å². The maximum Gasteiger partial charge on any atom is 0.276 e. The quantitative estimate of drug-likeness (QED) is 0.529. The van der Waals surface area contributed by atoms with Crippen molar-refractivity contribution in [2.45, 2.75) is 6.54 Å². The Balaban J connectivity index is 1.42. The minimum absolute atomic E-state index is 0.255. The van der Waals surface area contributed by atoms with Crippen LogP contribution in [0.3, 0.4) is 0 Å². The zero-order valence-corrected chi connectivity index (χ0v) is 15.9. The van der Waals surface area contributed by atoms with Crippen LogP contribution in [0.15, 0.2) is 79.0 Å². The summed E-state index contributed by atoms with van der Waals surface area (Å²) in [5.41, 5.74) is 4.00. The van der Waals surface area contributed by atoms with Gasteiger partial charge < -0.3 is 10.6 Å². The Labute approximate surface area is 168 Å². The normalized spacial score (nSPS) is 10.5. The molecular formula is C22H20N6O. The standard InChI is InChI=1S/C22H20N6O/c1-28-15-17(21(27-28)16-8-4-2-5-9-16)14-23-20-13-12-19(25-26-20)22(29)24-18-10-6-3-7-11-18/h2-13,15H,14H2,1H3,(H,23,26)(H,24,29). The lowest BCUT2D eigenvalue weighted by atomic mass is 10.1. The second-order valence-corrected chi connectivity index (χ2v) is 6.52. The number of carbonyl (C=O) groups excluding carboxylic acids is 1. The van der Waals surface area contributed by atoms with Crippen LogP contribution in [0.2, 0.25) is 0 Å². The van der Waals surface area contributed by atoms with Crippen LogP contribution >= 0.6 is 0 Å². The Morgan fingerprint density at radius 2 is 1.66 bits per heavy atom. The molecule has 0 radical (unpaired) electrons. The van der Waals surface area contributed by atoms with Crippen LogP contribution in [0.25, 0.3) is 11.3 Å². The number of aryl methyl sites for hydroxylation is 1. The van der Waals surface area contributed by atoms with Gasteiger partial charge in [-0.3, -0.25) is 9.48 Å². The molecule has 29 heavy (non-hydrogen) atoms. The summed E-state index contributed by atoms with van der Waals surface area (Å²) in [6.45, 7) is 0.544. The van der Waals surface area contributed by atoms with Gasteiger partial charge in [0.2, 0.25) is 0 Å². The molecular weight excluding hydrogens is 364 g/mol. The van der Waals surface area contributed by atoms with Gasteiger partial charge in [0.1, 0.15) is 5.82 Å². The van der Waals surface area contributed by atoms with E-state index >= 15 is 0 Å². The first-order chi connectivity index (χ1) is 14.2. The van der Waals surface area contributed by atoms with E-state index in [1.165, 1.54) is 0 Å². The fourth-order valence-corrected chi connectivity index (χ4v) is 2.96. The maximum absolute atomic E-state index is 12.3. The van der Waals surface area contributed by atoms with E-state index in [-0.39, 0.29) is 11.6 Å². The van der Waals surface area contributed by atoms with Crippen molar-refractivity contribution in [3.05, 3.63) is 90.3 Å². The molecule has 0 unspecified atom stereocenters. The minimum atomic E-state index is -0.297. The van der Waals surface area contributed by atoms with Crippen LogP contribution in [-0.2, 0) is 13.6 Å². The van der Waals surface area contributed by atoms with Gasteiger partial charge in [-0.25, -0.2) is 0 Å². The first-order valence-corrected chi connectivity index (χ1v) is 9.21. The molecule has 7 heteroatoms. The molecule has 0 aliphatic rings. The first-order valence-electron chi connectivity index (χ1n) is 9.21. The number of benzene rings is 2. The van der Waals surface area contributed by atoms with E-state index in [0.717, 1.165) is 16.8 Å². The predicted molar refractivity (Wildman–Crippen MR) is 112 cm³/mol. The molecule has 4 aromatic rings. The molecule has 7 nitrogen and oxygen atoms in total. The molecule has 0 aliphatic heterocycles. The van der Waals surface area contributed by atoms with Crippen molar-refractivity contribution < 1.29 is 4.79 Å². The monoisotopic (exact) mass is 384 g/mol. The Bertz CT molecular complexity index is 1090. The van der Waals surface area contributed by atoms with Gasteiger partial charge in [-0.05, 0) is 24.3 Å². The number of nitrogens with zero attached hydrogens (tertiary/aromatic N) is 4. The number of anilines is 2. The van der Waals surface area contributed by atoms with Crippen LogP contribution in [0.1, 0.15) is 16.1 Å². The van der Waals surface area contributed by atoms with E-state index in [4.69, 9.17) is 0 Å². The molecule has 0 aliphatic carbocycles. The lowest BCUT2D eigenvalue weighted by Gasteiger charge is -2.07. The first kappa shape index (κ1) is 18.4. The molecule has 2 aromatic carbocycles. The summed E-state index contributed by atoms with van der Waals surface area (Å²) in [5, 5.41) is 18.7. The molecule has 2 N–H and O–H groups in total. The Hall–Kier alpha value is -4.00. The molecule has 0 atom stereocenters. The lowest BCUT2D eigenvalue weighted by Crippen LogP contribution is -2.14. The largest absolute Gasteiger partial charge is 0.364 e. The van der Waals surface area contributed by atoms with Gasteiger partial charge in [-0.1, -0.05) is 48.5 Å². The zero-order valence-electron chi connectivity index (χ0n) is 15.9. The summed E-state index contributed by atoms with van der Waals surface area (Å²) in [6, 6.07) is 22.7. The molecule has 2 heterocycles. The average molecular weight is 384 g/mol. The summed E-state index contributed by atoms with van der Waals surface area (Å²) in [5.74, 6) is 0.290. The number of nitrogens with one attached hydrogen (secondary N) is 2. The maximum atomic E-state index is 12.3. The van der Waals surface area contributed by atoms with Crippen molar-refractivity contribution in [3.8, 4) is 11.3 Å². The van der Waals surface area contributed by atoms with Gasteiger partial charge in [0, 0.05) is 36.6 Å². The van der Waals surface area contributed by atoms with Crippen LogP contribution < -0.4 is 10.6 Å². The third-order valence-electron chi connectivity index (χ3n) is 4.34. The third kappa shape index (κ3) is 4.47. The van der Waals surface area contributed by atoms with Gasteiger partial charge >= 0.3 is 0 Å². The number of hydrogen-bond donors (Lipinski definition) is 2. The molecule has 0 saturated heterocycles. The Kier molecular flexibility index (Phi) is 5.29. The van der Waals surface area contributed by atoms with Crippen molar-refractivity contribution >= 4 is 17.4 Å². The van der Waals surface area contributed by atoms with E-state index in [0.29, 0.717) is 18.1 Å². The van der Waals surface area contributed by atoms with Gasteiger partial charge in [0.15, 0.2) is 5.69 Å². The fraction of sp³-hybridized carbons (Fsp3) is 0.0909. The van der Waals surface area contributed by atoms with Gasteiger partial charge in [-0.2, -0.15) is 5.10 Å². The molecule has 0 saturated carbocycles. The van der Waals surface area contributed by atoms with Gasteiger partial charge in [0.25, 0.3) is 5.91 Å². The van der Waals surface area contributed by atoms with Gasteiger partial charge in [0.05, 0.1) is 5.69 Å². The summed E-state index contributed by atoms with van der Waals surface area (Å²) in [4.78, 5) is 12.3. The fourth-order valence-electron chi connectivity index (χ4n) is 2.96. The van der Waals surface area contributed by atoms with Crippen molar-refractivity contribution in [1.29, 1.82) is 0 Å². The summed E-state index contributed by atoms with van der Waals surface area (Å²) in [7, 11) is 1.90. The SMILES string of the molecule is Cn1cc(CNc2ccc(C(=O)Nc3ccccc3)nn2)c(-c2ccccc2)n1. The number of aromatic nitrogens is 4. The lowest BCUT2D eigenvalue weighted by molar-refractivity contribution is 0.102. The van der Waals surface area contributed by atoms with Crippen molar-refractivity contribution in [2.24, 2.45) is 7.05 Å². The summed E-state index contributed by atoms with van der Waals surface area (Å²) >= 11 is 0. The molecule has 0 bridgehead atoms. The average Bonchev–Trinajstić information content (AvgIpc) is 3.14. The predicted octanol–water partition coefficient (Wildman–Crippen LogP) is 3.74. The second kappa shape index (κ2) is 8.35. The number of rotatable bonds is 6. The molecule has 0 spiro atoms. The van der Waals surface area contributed by atoms with Crippen LogP contribution in [-0.4, -0.2) is 25.9 Å². The molecule has 2 aromatic heterocycles. The highest BCUT2D eigenvalue weighted by atomic mass is 16.1. The zero-order chi connectivity index (χ0) is 20.1. The highest BCUT2D eigenvalue weighted by Crippen LogP contribution is 2.22. The number of hydrogen-bond acceptors (Lipinski definition) is 5. The molecule has 4 rings (SSSR count). The Morgan fingerprint density at radius 1 is 0.931 bits per heavy atom. The number of amides is 1. The smallest absolute Gasteiger partial charge is 0.276 e. The van der Waals surface area contributed by atoms with Crippen LogP contribution in [0, 0.1) is 0 Å². The highest BCUT2D eigenvalue weighted by Gasteiger charge is 2.11. The second-order valence-electron chi connectivity index (χ2n) is 6.52. The van der Waals surface area contributed by atoms with E-state index < -0.39 is 0 Å². The van der Waals surface area contributed by atoms with Crippen molar-refractivity contribution in [3.63, 3.8) is 0 Å². The number of para-hydroxylation sites is 1. The molecule has 0 fully saturated rings. The topological polar surface area (TPSA) is 84.7 Å². The Morgan fingerprint density at radius 3 is 2.34 bits per heavy atom. The molecule has 144 valence electrons. The highest BCUT2D eigenvalue weighted by molar-refractivity contribution is 6.02. The number of carbonyl (C=O) groups is 1. The van der Waals surface area contributed by atoms with Gasteiger partial charge in [-0.15, -0.1) is 10.2 Å². The summed E-state index contributed by atoms with van der Waals surface area (Å²) in [6.07, 6.45) is 1.98. The minimum Gasteiger partial charge on any atom is -0.364 e. The van der Waals surface area contributed by atoms with Crippen LogP contribution in [0.4, 0.5) is 11.5 Å². The van der Waals surface area contributed by atoms with E-state index in [1.807, 2.05) is 73.9 Å². The summed E-state index contributed by atoms with van der Waals surface area (Å²) < 4.78 is 1.79.